The Hall–Kier alpha value is -3.46. The van der Waals surface area contributed by atoms with Crippen LogP contribution < -0.4 is 9.64 Å². The van der Waals surface area contributed by atoms with E-state index in [0.717, 1.165) is 16.2 Å². The minimum atomic E-state index is -0.756. The molecule has 0 radical (unpaired) electrons. The minimum absolute atomic E-state index is 0.0449. The third kappa shape index (κ3) is 4.35. The number of anilines is 2. The number of benzene rings is 2. The molecule has 150 valence electrons. The van der Waals surface area contributed by atoms with Gasteiger partial charge in [0.15, 0.2) is 16.6 Å². The first-order valence-corrected chi connectivity index (χ1v) is 9.33. The van der Waals surface area contributed by atoms with Crippen LogP contribution in [-0.4, -0.2) is 29.1 Å². The third-order valence-corrected chi connectivity index (χ3v) is 4.80. The summed E-state index contributed by atoms with van der Waals surface area (Å²) in [6.45, 7) is 1.12. The molecule has 1 heterocycles. The summed E-state index contributed by atoms with van der Waals surface area (Å²) >= 11 is 1.11. The zero-order valence-electron chi connectivity index (χ0n) is 15.6. The zero-order valence-corrected chi connectivity index (χ0v) is 16.4. The van der Waals surface area contributed by atoms with Gasteiger partial charge >= 0.3 is 5.97 Å². The van der Waals surface area contributed by atoms with Crippen LogP contribution in [0.5, 0.6) is 11.5 Å². The number of carbonyl (C=O) groups excluding carboxylic acids is 2. The summed E-state index contributed by atoms with van der Waals surface area (Å²) in [4.78, 5) is 29.7. The molecule has 0 aliphatic carbocycles. The van der Waals surface area contributed by atoms with E-state index in [1.807, 2.05) is 0 Å². The normalized spacial score (nSPS) is 10.4. The number of para-hydroxylation sites is 2. The van der Waals surface area contributed by atoms with E-state index < -0.39 is 17.7 Å². The van der Waals surface area contributed by atoms with Gasteiger partial charge in [0.2, 0.25) is 5.91 Å². The molecule has 9 heteroatoms. The van der Waals surface area contributed by atoms with Gasteiger partial charge in [0.1, 0.15) is 18.0 Å². The second-order valence-corrected chi connectivity index (χ2v) is 6.70. The average Bonchev–Trinajstić information content (AvgIpc) is 3.16. The monoisotopic (exact) mass is 416 g/mol. The van der Waals surface area contributed by atoms with Crippen molar-refractivity contribution in [1.82, 2.24) is 4.98 Å². The van der Waals surface area contributed by atoms with Crippen molar-refractivity contribution in [2.24, 2.45) is 0 Å². The smallest absolute Gasteiger partial charge is 0.342 e. The fraction of sp³-hybridized carbons (Fsp3) is 0.150. The Balaban J connectivity index is 1.76. The summed E-state index contributed by atoms with van der Waals surface area (Å²) in [6.07, 6.45) is 0. The number of halogens is 1. The van der Waals surface area contributed by atoms with Crippen molar-refractivity contribution in [3.8, 4) is 11.5 Å². The predicted octanol–water partition coefficient (Wildman–Crippen LogP) is 4.04. The van der Waals surface area contributed by atoms with E-state index in [9.17, 15) is 19.1 Å². The molecule has 1 aromatic heterocycles. The van der Waals surface area contributed by atoms with Gasteiger partial charge in [-0.1, -0.05) is 18.2 Å². The Kier molecular flexibility index (Phi) is 6.08. The van der Waals surface area contributed by atoms with Crippen LogP contribution in [0.4, 0.5) is 15.2 Å². The molecule has 1 amide bonds. The Labute approximate surface area is 170 Å². The van der Waals surface area contributed by atoms with E-state index in [1.54, 1.807) is 17.5 Å². The Morgan fingerprint density at radius 1 is 1.21 bits per heavy atom. The Morgan fingerprint density at radius 2 is 1.97 bits per heavy atom. The molecule has 1 N–H and O–H groups in total. The van der Waals surface area contributed by atoms with Gasteiger partial charge in [0, 0.05) is 12.3 Å². The largest absolute Gasteiger partial charge is 0.504 e. The fourth-order valence-electron chi connectivity index (χ4n) is 2.57. The van der Waals surface area contributed by atoms with Crippen molar-refractivity contribution in [1.29, 1.82) is 0 Å². The zero-order chi connectivity index (χ0) is 21.0. The molecular weight excluding hydrogens is 399 g/mol. The molecule has 0 unspecified atom stereocenters. The van der Waals surface area contributed by atoms with Gasteiger partial charge in [-0.05, 0) is 24.3 Å². The summed E-state index contributed by atoms with van der Waals surface area (Å²) < 4.78 is 24.3. The number of hydrogen-bond donors (Lipinski definition) is 1. The number of amides is 1. The molecule has 0 atom stereocenters. The van der Waals surface area contributed by atoms with Crippen LogP contribution in [0.15, 0.2) is 47.8 Å². The molecule has 3 aromatic rings. The van der Waals surface area contributed by atoms with Gasteiger partial charge in [-0.25, -0.2) is 14.2 Å². The van der Waals surface area contributed by atoms with Crippen molar-refractivity contribution >= 4 is 34.0 Å². The number of nitrogens with zero attached hydrogens (tertiary/aromatic N) is 2. The van der Waals surface area contributed by atoms with Crippen molar-refractivity contribution in [2.45, 2.75) is 13.5 Å². The highest BCUT2D eigenvalue weighted by atomic mass is 32.1. The van der Waals surface area contributed by atoms with Crippen LogP contribution in [0.2, 0.25) is 0 Å². The first-order valence-electron chi connectivity index (χ1n) is 8.45. The number of aromatic nitrogens is 1. The summed E-state index contributed by atoms with van der Waals surface area (Å²) in [7, 11) is 1.37. The number of hydrogen-bond acceptors (Lipinski definition) is 7. The van der Waals surface area contributed by atoms with Crippen LogP contribution in [-0.2, 0) is 16.1 Å². The molecule has 0 spiro atoms. The maximum absolute atomic E-state index is 14.1. The molecule has 0 saturated heterocycles. The Morgan fingerprint density at radius 3 is 2.66 bits per heavy atom. The number of phenols is 1. The lowest BCUT2D eigenvalue weighted by molar-refractivity contribution is -0.115. The van der Waals surface area contributed by atoms with Crippen LogP contribution in [0.1, 0.15) is 23.0 Å². The van der Waals surface area contributed by atoms with Crippen molar-refractivity contribution < 1.29 is 28.6 Å². The highest BCUT2D eigenvalue weighted by Gasteiger charge is 2.22. The molecule has 0 fully saturated rings. The van der Waals surface area contributed by atoms with Gasteiger partial charge in [-0.15, -0.1) is 11.3 Å². The lowest BCUT2D eigenvalue weighted by atomic mass is 10.2. The van der Waals surface area contributed by atoms with Crippen LogP contribution in [0.3, 0.4) is 0 Å². The quantitative estimate of drug-likeness (QED) is 0.610. The number of thiazole rings is 1. The second kappa shape index (κ2) is 8.70. The molecule has 3 rings (SSSR count). The van der Waals surface area contributed by atoms with E-state index in [0.29, 0.717) is 5.69 Å². The SMILES string of the molecule is COc1cccc(C(=O)OCc2csc(N(C(C)=O)c3ccccc3F)n2)c1O. The molecule has 2 aromatic carbocycles. The molecule has 0 aliphatic rings. The number of methoxy groups -OCH3 is 1. The highest BCUT2D eigenvalue weighted by Crippen LogP contribution is 2.32. The third-order valence-electron chi connectivity index (χ3n) is 3.93. The van der Waals surface area contributed by atoms with Gasteiger partial charge in [0.25, 0.3) is 0 Å². The van der Waals surface area contributed by atoms with Crippen molar-refractivity contribution in [2.75, 3.05) is 12.0 Å². The maximum Gasteiger partial charge on any atom is 0.342 e. The van der Waals surface area contributed by atoms with Gasteiger partial charge in [0.05, 0.1) is 18.5 Å². The summed E-state index contributed by atoms with van der Waals surface area (Å²) in [5.41, 5.74) is 0.416. The fourth-order valence-corrected chi connectivity index (χ4v) is 3.44. The van der Waals surface area contributed by atoms with Crippen LogP contribution in [0.25, 0.3) is 0 Å². The van der Waals surface area contributed by atoms with E-state index in [1.165, 1.54) is 44.4 Å². The molecule has 0 bridgehead atoms. The number of phenolic OH excluding ortho intramolecular Hbond substituents is 1. The number of rotatable bonds is 6. The average molecular weight is 416 g/mol. The van der Waals surface area contributed by atoms with Crippen molar-refractivity contribution in [3.63, 3.8) is 0 Å². The number of esters is 1. The lowest BCUT2D eigenvalue weighted by Gasteiger charge is -2.18. The molecular formula is C20H17FN2O5S. The van der Waals surface area contributed by atoms with Crippen LogP contribution in [0, 0.1) is 5.82 Å². The summed E-state index contributed by atoms with van der Waals surface area (Å²) in [6, 6.07) is 10.3. The number of aromatic hydroxyl groups is 1. The predicted molar refractivity (Wildman–Crippen MR) is 105 cm³/mol. The topological polar surface area (TPSA) is 89.0 Å². The first-order chi connectivity index (χ1) is 13.9. The second-order valence-electron chi connectivity index (χ2n) is 5.86. The molecule has 29 heavy (non-hydrogen) atoms. The first kappa shape index (κ1) is 20.3. The van der Waals surface area contributed by atoms with E-state index in [4.69, 9.17) is 9.47 Å². The van der Waals surface area contributed by atoms with Gasteiger partial charge in [-0.2, -0.15) is 0 Å². The lowest BCUT2D eigenvalue weighted by Crippen LogP contribution is -2.23. The van der Waals surface area contributed by atoms with E-state index in [-0.39, 0.29) is 34.5 Å². The van der Waals surface area contributed by atoms with Gasteiger partial charge < -0.3 is 14.6 Å². The summed E-state index contributed by atoms with van der Waals surface area (Å²) in [5, 5.41) is 11.9. The maximum atomic E-state index is 14.1. The highest BCUT2D eigenvalue weighted by molar-refractivity contribution is 7.14. The van der Waals surface area contributed by atoms with E-state index >= 15 is 0 Å². The standard InChI is InChI=1S/C20H17FN2O5S/c1-12(24)23(16-8-4-3-7-15(16)21)20-22-13(11-29-20)10-28-19(26)14-6-5-9-17(27-2)18(14)25/h3-9,11,25H,10H2,1-2H3. The molecule has 0 saturated carbocycles. The minimum Gasteiger partial charge on any atom is -0.504 e. The number of carbonyl (C=O) groups is 2. The summed E-state index contributed by atoms with van der Waals surface area (Å²) in [5.74, 6) is -1.89. The van der Waals surface area contributed by atoms with Crippen molar-refractivity contribution in [3.05, 3.63) is 64.9 Å². The molecule has 0 aliphatic heterocycles. The van der Waals surface area contributed by atoms with Gasteiger partial charge in [-0.3, -0.25) is 9.69 Å². The Bertz CT molecular complexity index is 1050. The van der Waals surface area contributed by atoms with E-state index in [2.05, 4.69) is 4.98 Å². The van der Waals surface area contributed by atoms with Crippen LogP contribution >= 0.6 is 11.3 Å². The molecule has 7 nitrogen and oxygen atoms in total. The number of ether oxygens (including phenoxy) is 2.